The van der Waals surface area contributed by atoms with Crippen LogP contribution >= 0.6 is 11.6 Å². The van der Waals surface area contributed by atoms with E-state index in [4.69, 9.17) is 17.3 Å². The van der Waals surface area contributed by atoms with Gasteiger partial charge in [-0.2, -0.15) is 5.10 Å². The predicted molar refractivity (Wildman–Crippen MR) is 56.1 cm³/mol. The van der Waals surface area contributed by atoms with Crippen LogP contribution in [0.15, 0.2) is 36.5 Å². The quantitative estimate of drug-likeness (QED) is 0.793. The van der Waals surface area contributed by atoms with Crippen LogP contribution in [0.5, 0.6) is 0 Å². The number of aromatic nitrogens is 2. The fraction of sp³-hybridized carbons (Fsp3) is 0.100. The molecule has 0 aliphatic rings. The number of rotatable bonds is 2. The Morgan fingerprint density at radius 3 is 2.50 bits per heavy atom. The van der Waals surface area contributed by atoms with Crippen LogP contribution in [0.2, 0.25) is 5.02 Å². The van der Waals surface area contributed by atoms with Gasteiger partial charge in [0.1, 0.15) is 0 Å². The fourth-order valence-corrected chi connectivity index (χ4v) is 1.42. The lowest BCUT2D eigenvalue weighted by atomic mass is 10.1. The van der Waals surface area contributed by atoms with Gasteiger partial charge < -0.3 is 5.73 Å². The van der Waals surface area contributed by atoms with Crippen LogP contribution in [0.1, 0.15) is 17.3 Å². The molecule has 1 aromatic carbocycles. The van der Waals surface area contributed by atoms with Gasteiger partial charge in [0.15, 0.2) is 0 Å². The zero-order valence-electron chi connectivity index (χ0n) is 7.44. The number of nitrogens with two attached hydrogens (primary N) is 1. The molecule has 0 amide bonds. The Kier molecular flexibility index (Phi) is 2.52. The molecule has 4 heteroatoms. The van der Waals surface area contributed by atoms with Gasteiger partial charge in [0, 0.05) is 11.2 Å². The van der Waals surface area contributed by atoms with E-state index >= 15 is 0 Å². The predicted octanol–water partition coefficient (Wildman–Crippen LogP) is 2.11. The number of hydrogen-bond donors (Lipinski definition) is 2. The van der Waals surface area contributed by atoms with Gasteiger partial charge in [-0.3, -0.25) is 5.10 Å². The molecule has 0 aliphatic heterocycles. The Bertz CT molecular complexity index is 394. The average molecular weight is 208 g/mol. The highest BCUT2D eigenvalue weighted by molar-refractivity contribution is 6.30. The lowest BCUT2D eigenvalue weighted by Crippen LogP contribution is -2.12. The maximum absolute atomic E-state index is 6.00. The molecule has 1 atom stereocenters. The second-order valence-electron chi connectivity index (χ2n) is 3.04. The Labute approximate surface area is 86.9 Å². The van der Waals surface area contributed by atoms with Crippen molar-refractivity contribution in [2.75, 3.05) is 0 Å². The maximum Gasteiger partial charge on any atom is 0.0720 e. The summed E-state index contributed by atoms with van der Waals surface area (Å²) in [7, 11) is 0. The molecule has 0 bridgehead atoms. The van der Waals surface area contributed by atoms with Gasteiger partial charge in [0.2, 0.25) is 0 Å². The van der Waals surface area contributed by atoms with Crippen molar-refractivity contribution >= 4 is 11.6 Å². The number of benzene rings is 1. The summed E-state index contributed by atoms with van der Waals surface area (Å²) in [5.74, 6) is 0. The minimum Gasteiger partial charge on any atom is -0.319 e. The molecule has 72 valence electrons. The number of nitrogens with zero attached hydrogens (tertiary/aromatic N) is 1. The summed E-state index contributed by atoms with van der Waals surface area (Å²) < 4.78 is 0. The number of aromatic amines is 1. The largest absolute Gasteiger partial charge is 0.319 e. The normalized spacial score (nSPS) is 12.7. The molecule has 3 nitrogen and oxygen atoms in total. The molecule has 1 heterocycles. The summed E-state index contributed by atoms with van der Waals surface area (Å²) in [5.41, 5.74) is 7.90. The minimum absolute atomic E-state index is 0.172. The van der Waals surface area contributed by atoms with Crippen molar-refractivity contribution < 1.29 is 0 Å². The van der Waals surface area contributed by atoms with Gasteiger partial charge in [-0.15, -0.1) is 0 Å². The standard InChI is InChI=1S/C10H10ClN3/c11-8-3-1-7(2-4-8)10(12)9-5-6-13-14-9/h1-6,10H,12H2,(H,13,14). The highest BCUT2D eigenvalue weighted by Crippen LogP contribution is 2.19. The van der Waals surface area contributed by atoms with Crippen LogP contribution in [-0.2, 0) is 0 Å². The molecule has 14 heavy (non-hydrogen) atoms. The third-order valence-electron chi connectivity index (χ3n) is 2.09. The summed E-state index contributed by atoms with van der Waals surface area (Å²) in [5, 5.41) is 7.41. The van der Waals surface area contributed by atoms with Gasteiger partial charge in [-0.25, -0.2) is 0 Å². The van der Waals surface area contributed by atoms with Crippen molar-refractivity contribution in [3.05, 3.63) is 52.8 Å². The monoisotopic (exact) mass is 207 g/mol. The average Bonchev–Trinajstić information content (AvgIpc) is 2.71. The summed E-state index contributed by atoms with van der Waals surface area (Å²) in [6.07, 6.45) is 1.69. The number of H-pyrrole nitrogens is 1. The van der Waals surface area contributed by atoms with Gasteiger partial charge in [0.05, 0.1) is 11.7 Å². The van der Waals surface area contributed by atoms with Crippen molar-refractivity contribution in [1.82, 2.24) is 10.2 Å². The minimum atomic E-state index is -0.172. The molecule has 3 N–H and O–H groups in total. The highest BCUT2D eigenvalue weighted by atomic mass is 35.5. The van der Waals surface area contributed by atoms with E-state index in [1.807, 2.05) is 30.3 Å². The first-order chi connectivity index (χ1) is 6.77. The summed E-state index contributed by atoms with van der Waals surface area (Å²) in [4.78, 5) is 0. The third kappa shape index (κ3) is 1.78. The van der Waals surface area contributed by atoms with Gasteiger partial charge in [0.25, 0.3) is 0 Å². The molecule has 0 aliphatic carbocycles. The van der Waals surface area contributed by atoms with Gasteiger partial charge >= 0.3 is 0 Å². The first-order valence-electron chi connectivity index (χ1n) is 4.27. The molecule has 2 rings (SSSR count). The topological polar surface area (TPSA) is 54.7 Å². The van der Waals surface area contributed by atoms with Crippen LogP contribution in [0.25, 0.3) is 0 Å². The van der Waals surface area contributed by atoms with Gasteiger partial charge in [-0.05, 0) is 23.8 Å². The van der Waals surface area contributed by atoms with E-state index in [9.17, 15) is 0 Å². The van der Waals surface area contributed by atoms with Crippen LogP contribution in [0, 0.1) is 0 Å². The molecular weight excluding hydrogens is 198 g/mol. The van der Waals surface area contributed by atoms with Crippen molar-refractivity contribution in [2.24, 2.45) is 5.73 Å². The van der Waals surface area contributed by atoms with E-state index in [0.29, 0.717) is 5.02 Å². The van der Waals surface area contributed by atoms with Crippen LogP contribution in [0.4, 0.5) is 0 Å². The number of hydrogen-bond acceptors (Lipinski definition) is 2. The van der Waals surface area contributed by atoms with Crippen LogP contribution in [0.3, 0.4) is 0 Å². The van der Waals surface area contributed by atoms with E-state index in [2.05, 4.69) is 10.2 Å². The lowest BCUT2D eigenvalue weighted by Gasteiger charge is -2.09. The molecule has 0 radical (unpaired) electrons. The van der Waals surface area contributed by atoms with Crippen molar-refractivity contribution in [2.45, 2.75) is 6.04 Å². The van der Waals surface area contributed by atoms with E-state index < -0.39 is 0 Å². The second kappa shape index (κ2) is 3.82. The zero-order valence-corrected chi connectivity index (χ0v) is 8.20. The Balaban J connectivity index is 2.28. The van der Waals surface area contributed by atoms with E-state index in [-0.39, 0.29) is 6.04 Å². The molecule has 0 saturated heterocycles. The smallest absolute Gasteiger partial charge is 0.0720 e. The first-order valence-corrected chi connectivity index (χ1v) is 4.65. The zero-order chi connectivity index (χ0) is 9.97. The lowest BCUT2D eigenvalue weighted by molar-refractivity contribution is 0.816. The molecule has 1 unspecified atom stereocenters. The van der Waals surface area contributed by atoms with E-state index in [1.165, 1.54) is 0 Å². The number of nitrogens with one attached hydrogen (secondary N) is 1. The maximum atomic E-state index is 6.00. The van der Waals surface area contributed by atoms with E-state index in [1.54, 1.807) is 6.20 Å². The van der Waals surface area contributed by atoms with Crippen LogP contribution < -0.4 is 5.73 Å². The third-order valence-corrected chi connectivity index (χ3v) is 2.34. The summed E-state index contributed by atoms with van der Waals surface area (Å²) in [6.45, 7) is 0. The van der Waals surface area contributed by atoms with Crippen molar-refractivity contribution in [3.8, 4) is 0 Å². The highest BCUT2D eigenvalue weighted by Gasteiger charge is 2.09. The molecule has 2 aromatic rings. The Morgan fingerprint density at radius 2 is 1.93 bits per heavy atom. The molecule has 0 spiro atoms. The molecular formula is C10H10ClN3. The first kappa shape index (κ1) is 9.24. The van der Waals surface area contributed by atoms with E-state index in [0.717, 1.165) is 11.3 Å². The second-order valence-corrected chi connectivity index (χ2v) is 3.48. The van der Waals surface area contributed by atoms with Crippen LogP contribution in [-0.4, -0.2) is 10.2 Å². The summed E-state index contributed by atoms with van der Waals surface area (Å²) >= 11 is 5.78. The molecule has 0 fully saturated rings. The Hall–Kier alpha value is -1.32. The molecule has 1 aromatic heterocycles. The Morgan fingerprint density at radius 1 is 1.21 bits per heavy atom. The number of halogens is 1. The van der Waals surface area contributed by atoms with Crippen molar-refractivity contribution in [3.63, 3.8) is 0 Å². The van der Waals surface area contributed by atoms with Gasteiger partial charge in [-0.1, -0.05) is 23.7 Å². The summed E-state index contributed by atoms with van der Waals surface area (Å²) in [6, 6.07) is 9.16. The SMILES string of the molecule is NC(c1ccc(Cl)cc1)c1ccn[nH]1. The molecule has 0 saturated carbocycles. The fourth-order valence-electron chi connectivity index (χ4n) is 1.29. The van der Waals surface area contributed by atoms with Crippen molar-refractivity contribution in [1.29, 1.82) is 0 Å².